The van der Waals surface area contributed by atoms with Crippen molar-refractivity contribution in [2.75, 3.05) is 24.8 Å². The number of morpholine rings is 1. The average Bonchev–Trinajstić information content (AvgIpc) is 3.10. The second-order valence-electron chi connectivity index (χ2n) is 9.12. The van der Waals surface area contributed by atoms with Gasteiger partial charge in [0, 0.05) is 41.4 Å². The molecule has 11 heteroatoms. The Hall–Kier alpha value is -3.70. The number of pyridine rings is 1. The predicted octanol–water partition coefficient (Wildman–Crippen LogP) is 3.59. The summed E-state index contributed by atoms with van der Waals surface area (Å²) < 4.78 is 42.3. The molecule has 0 radical (unpaired) electrons. The second-order valence-corrected chi connectivity index (χ2v) is 10.1. The number of hydrogen-bond acceptors (Lipinski definition) is 7. The molecule has 3 aliphatic heterocycles. The summed E-state index contributed by atoms with van der Waals surface area (Å²) in [6.07, 6.45) is 0.825. The highest BCUT2D eigenvalue weighted by molar-refractivity contribution is 7.98. The van der Waals surface area contributed by atoms with E-state index in [9.17, 15) is 18.8 Å². The second kappa shape index (κ2) is 9.55. The van der Waals surface area contributed by atoms with E-state index in [4.69, 9.17) is 9.47 Å². The lowest BCUT2D eigenvalue weighted by Gasteiger charge is -2.51. The monoisotopic (exact) mass is 539 g/mol. The van der Waals surface area contributed by atoms with Crippen LogP contribution in [0.3, 0.4) is 0 Å². The summed E-state index contributed by atoms with van der Waals surface area (Å²) in [7, 11) is 0. The summed E-state index contributed by atoms with van der Waals surface area (Å²) in [5.74, 6) is -3.15. The minimum absolute atomic E-state index is 0.0112. The van der Waals surface area contributed by atoms with Crippen LogP contribution in [0.2, 0.25) is 0 Å². The molecule has 1 amide bonds. The Morgan fingerprint density at radius 1 is 1.13 bits per heavy atom. The van der Waals surface area contributed by atoms with Crippen molar-refractivity contribution < 1.29 is 27.8 Å². The molecule has 0 bridgehead atoms. The highest BCUT2D eigenvalue weighted by Gasteiger charge is 2.46. The van der Waals surface area contributed by atoms with Crippen LogP contribution in [0.5, 0.6) is 5.75 Å². The number of aromatic nitrogens is 1. The van der Waals surface area contributed by atoms with Crippen LogP contribution in [0, 0.1) is 11.6 Å². The van der Waals surface area contributed by atoms with Crippen LogP contribution >= 0.6 is 11.8 Å². The van der Waals surface area contributed by atoms with Gasteiger partial charge in [0.25, 0.3) is 5.91 Å². The minimum atomic E-state index is -0.941. The van der Waals surface area contributed by atoms with Gasteiger partial charge in [-0.15, -0.1) is 11.8 Å². The van der Waals surface area contributed by atoms with Crippen molar-refractivity contribution in [3.8, 4) is 5.75 Å². The quantitative estimate of drug-likeness (QED) is 0.471. The van der Waals surface area contributed by atoms with Gasteiger partial charge < -0.3 is 14.4 Å². The number of halogens is 2. The Labute approximate surface area is 220 Å². The van der Waals surface area contributed by atoms with Crippen molar-refractivity contribution in [1.82, 2.24) is 9.58 Å². The van der Waals surface area contributed by atoms with Crippen LogP contribution < -0.4 is 15.2 Å². The first-order valence-corrected chi connectivity index (χ1v) is 13.2. The summed E-state index contributed by atoms with van der Waals surface area (Å²) in [6.45, 7) is 2.25. The molecule has 8 nitrogen and oxygen atoms in total. The Morgan fingerprint density at radius 3 is 2.76 bits per heavy atom. The molecule has 2 atom stereocenters. The molecule has 196 valence electrons. The van der Waals surface area contributed by atoms with Crippen LogP contribution in [0.15, 0.2) is 58.4 Å². The molecular weight excluding hydrogens is 516 g/mol. The SMILES string of the molecule is CCC(=O)Oc1c2n(ccc1=O)N([C@@H]1c3ccccc3SCc3c1ccc(F)c3F)[C@@H]1COCCN1C2=O. The maximum Gasteiger partial charge on any atom is 0.311 e. The number of benzene rings is 2. The fraction of sp³-hybridized carbons (Fsp3) is 0.296. The standard InChI is InChI=1S/C27H23F2N3O5S/c1-2-22(34)37-26-19(33)9-10-31-25(26)27(35)30-11-12-36-13-21(30)32(31)24-15-7-8-18(28)23(29)17(15)14-38-20-6-4-3-5-16(20)24/h3-10,21,24H,2,11-14H2,1H3/t21-,24+/m1/s1. The van der Waals surface area contributed by atoms with Gasteiger partial charge in [-0.05, 0) is 23.3 Å². The van der Waals surface area contributed by atoms with Gasteiger partial charge in [-0.3, -0.25) is 24.1 Å². The van der Waals surface area contributed by atoms with Gasteiger partial charge in [0.05, 0.1) is 19.3 Å². The average molecular weight is 540 g/mol. The first-order valence-electron chi connectivity index (χ1n) is 12.2. The summed E-state index contributed by atoms with van der Waals surface area (Å²) in [6, 6.07) is 10.8. The van der Waals surface area contributed by atoms with E-state index >= 15 is 4.39 Å². The fourth-order valence-corrected chi connectivity index (χ4v) is 6.37. The zero-order chi connectivity index (χ0) is 26.6. The summed E-state index contributed by atoms with van der Waals surface area (Å²) >= 11 is 1.40. The topological polar surface area (TPSA) is 81.1 Å². The number of amides is 1. The lowest BCUT2D eigenvalue weighted by atomic mass is 9.93. The maximum absolute atomic E-state index is 15.2. The van der Waals surface area contributed by atoms with Gasteiger partial charge >= 0.3 is 5.97 Å². The first-order chi connectivity index (χ1) is 18.4. The van der Waals surface area contributed by atoms with Crippen LogP contribution in [0.25, 0.3) is 0 Å². The van der Waals surface area contributed by atoms with Gasteiger partial charge in [-0.2, -0.15) is 0 Å². The molecule has 1 fully saturated rings. The van der Waals surface area contributed by atoms with E-state index in [-0.39, 0.29) is 48.9 Å². The number of fused-ring (bicyclic) bond motifs is 4. The minimum Gasteiger partial charge on any atom is -0.420 e. The Bertz CT molecular complexity index is 1530. The molecule has 1 aromatic heterocycles. The number of ether oxygens (including phenoxy) is 2. The van der Waals surface area contributed by atoms with E-state index in [1.54, 1.807) is 17.9 Å². The Kier molecular flexibility index (Phi) is 6.19. The van der Waals surface area contributed by atoms with Crippen molar-refractivity contribution in [1.29, 1.82) is 0 Å². The first kappa shape index (κ1) is 24.6. The molecule has 0 aliphatic carbocycles. The number of hydrogen-bond donors (Lipinski definition) is 0. The predicted molar refractivity (Wildman–Crippen MR) is 135 cm³/mol. The third-order valence-electron chi connectivity index (χ3n) is 7.04. The number of carbonyl (C=O) groups is 2. The number of esters is 1. The summed E-state index contributed by atoms with van der Waals surface area (Å²) in [4.78, 5) is 41.3. The van der Waals surface area contributed by atoms with Crippen molar-refractivity contribution in [3.63, 3.8) is 0 Å². The van der Waals surface area contributed by atoms with E-state index < -0.39 is 41.1 Å². The van der Waals surface area contributed by atoms with Gasteiger partial charge in [0.1, 0.15) is 6.17 Å². The number of thioether (sulfide) groups is 1. The van der Waals surface area contributed by atoms with E-state index in [0.29, 0.717) is 5.56 Å². The van der Waals surface area contributed by atoms with E-state index in [0.717, 1.165) is 16.5 Å². The van der Waals surface area contributed by atoms with Gasteiger partial charge in [-0.25, -0.2) is 8.78 Å². The lowest BCUT2D eigenvalue weighted by molar-refractivity contribution is -0.134. The summed E-state index contributed by atoms with van der Waals surface area (Å²) in [5, 5.41) is 1.83. The zero-order valence-electron chi connectivity index (χ0n) is 20.4. The third-order valence-corrected chi connectivity index (χ3v) is 8.15. The number of nitrogens with zero attached hydrogens (tertiary/aromatic N) is 3. The molecule has 2 aromatic carbocycles. The number of rotatable bonds is 3. The van der Waals surface area contributed by atoms with Crippen molar-refractivity contribution in [3.05, 3.63) is 92.9 Å². The zero-order valence-corrected chi connectivity index (χ0v) is 21.2. The van der Waals surface area contributed by atoms with Crippen molar-refractivity contribution in [2.24, 2.45) is 0 Å². The largest absolute Gasteiger partial charge is 0.420 e. The van der Waals surface area contributed by atoms with Crippen LogP contribution in [0.1, 0.15) is 46.6 Å². The molecule has 6 rings (SSSR count). The van der Waals surface area contributed by atoms with Crippen LogP contribution in [0.4, 0.5) is 8.78 Å². The van der Waals surface area contributed by atoms with Crippen LogP contribution in [-0.2, 0) is 15.3 Å². The molecule has 3 aromatic rings. The fourth-order valence-electron chi connectivity index (χ4n) is 5.26. The molecule has 3 aliphatic rings. The van der Waals surface area contributed by atoms with Crippen molar-refractivity contribution >= 4 is 23.6 Å². The molecule has 0 N–H and O–H groups in total. The Morgan fingerprint density at radius 2 is 1.95 bits per heavy atom. The lowest BCUT2D eigenvalue weighted by Crippen LogP contribution is -2.66. The molecule has 38 heavy (non-hydrogen) atoms. The van der Waals surface area contributed by atoms with Gasteiger partial charge in [0.15, 0.2) is 17.3 Å². The number of carbonyl (C=O) groups excluding carboxylic acids is 2. The normalized spacial score (nSPS) is 20.1. The highest BCUT2D eigenvalue weighted by Crippen LogP contribution is 2.45. The smallest absolute Gasteiger partial charge is 0.311 e. The van der Waals surface area contributed by atoms with Crippen molar-refractivity contribution in [2.45, 2.75) is 36.2 Å². The third kappa shape index (κ3) is 3.80. The highest BCUT2D eigenvalue weighted by atomic mass is 32.2. The van der Waals surface area contributed by atoms with E-state index in [1.165, 1.54) is 28.7 Å². The van der Waals surface area contributed by atoms with Gasteiger partial charge in [0.2, 0.25) is 11.2 Å². The van der Waals surface area contributed by atoms with Gasteiger partial charge in [-0.1, -0.05) is 31.2 Å². The molecule has 0 spiro atoms. The molecule has 1 saturated heterocycles. The van der Waals surface area contributed by atoms with E-state index in [2.05, 4.69) is 0 Å². The Balaban J connectivity index is 1.65. The maximum atomic E-state index is 15.2. The van der Waals surface area contributed by atoms with E-state index in [1.807, 2.05) is 29.3 Å². The van der Waals surface area contributed by atoms with Crippen LogP contribution in [-0.4, -0.2) is 47.4 Å². The molecule has 0 saturated carbocycles. The molecule has 0 unspecified atom stereocenters. The summed E-state index contributed by atoms with van der Waals surface area (Å²) in [5.41, 5.74) is 0.854. The molecule has 4 heterocycles. The molecular formula is C27H23F2N3O5S.